The minimum Gasteiger partial charge on any atom is -0.353 e. The predicted molar refractivity (Wildman–Crippen MR) is 77.2 cm³/mol. The largest absolute Gasteiger partial charge is 0.353 e. The zero-order valence-electron chi connectivity index (χ0n) is 10.3. The summed E-state index contributed by atoms with van der Waals surface area (Å²) in [6.07, 6.45) is 1.82. The first-order chi connectivity index (χ1) is 8.19. The molecule has 0 saturated heterocycles. The minimum atomic E-state index is 0.715. The van der Waals surface area contributed by atoms with E-state index in [1.165, 1.54) is 5.56 Å². The van der Waals surface area contributed by atoms with Crippen LogP contribution in [0.1, 0.15) is 5.56 Å². The molecule has 17 heavy (non-hydrogen) atoms. The molecule has 1 N–H and O–H groups in total. The molecule has 3 nitrogen and oxygen atoms in total. The van der Waals surface area contributed by atoms with Gasteiger partial charge in [0, 0.05) is 31.7 Å². The number of halogens is 1. The average molecular weight is 296 g/mol. The minimum absolute atomic E-state index is 0.715. The van der Waals surface area contributed by atoms with Crippen molar-refractivity contribution in [2.75, 3.05) is 20.6 Å². The third-order valence-electron chi connectivity index (χ3n) is 2.34. The fourth-order valence-electron chi connectivity index (χ4n) is 1.51. The molecular weight excluding hydrogens is 278 g/mol. The van der Waals surface area contributed by atoms with Crippen molar-refractivity contribution >= 4 is 21.9 Å². The van der Waals surface area contributed by atoms with Gasteiger partial charge in [0.05, 0.1) is 0 Å². The van der Waals surface area contributed by atoms with E-state index in [1.54, 1.807) is 7.05 Å². The third-order valence-corrected chi connectivity index (χ3v) is 3.12. The standard InChI is InChI=1S/C13H18BrN3/c1-4-9-16-13(15-2)17(3)10-11-7-5-6-8-12(11)14/h4-8H,1,9-10H2,2-3H3,(H,15,16). The molecule has 0 fully saturated rings. The highest BCUT2D eigenvalue weighted by Gasteiger charge is 2.07. The summed E-state index contributed by atoms with van der Waals surface area (Å²) in [6, 6.07) is 8.19. The Balaban J connectivity index is 2.67. The molecule has 1 aromatic rings. The van der Waals surface area contributed by atoms with Crippen LogP contribution in [0.4, 0.5) is 0 Å². The molecule has 0 unspecified atom stereocenters. The molecule has 0 spiro atoms. The van der Waals surface area contributed by atoms with Gasteiger partial charge in [-0.2, -0.15) is 0 Å². The van der Waals surface area contributed by atoms with Gasteiger partial charge in [-0.1, -0.05) is 40.2 Å². The highest BCUT2D eigenvalue weighted by molar-refractivity contribution is 9.10. The second kappa shape index (κ2) is 7.12. The lowest BCUT2D eigenvalue weighted by Crippen LogP contribution is -2.38. The lowest BCUT2D eigenvalue weighted by atomic mass is 10.2. The van der Waals surface area contributed by atoms with Gasteiger partial charge in [0.15, 0.2) is 5.96 Å². The van der Waals surface area contributed by atoms with Crippen LogP contribution in [0.2, 0.25) is 0 Å². The topological polar surface area (TPSA) is 27.6 Å². The van der Waals surface area contributed by atoms with E-state index in [9.17, 15) is 0 Å². The Morgan fingerprint density at radius 2 is 2.24 bits per heavy atom. The Bertz CT molecular complexity index is 401. The van der Waals surface area contributed by atoms with E-state index in [0.717, 1.165) is 17.0 Å². The van der Waals surface area contributed by atoms with Gasteiger partial charge in [-0.05, 0) is 11.6 Å². The van der Waals surface area contributed by atoms with E-state index in [1.807, 2.05) is 31.3 Å². The van der Waals surface area contributed by atoms with Crippen LogP contribution >= 0.6 is 15.9 Å². The van der Waals surface area contributed by atoms with E-state index in [2.05, 4.69) is 43.8 Å². The zero-order chi connectivity index (χ0) is 12.7. The number of rotatable bonds is 4. The molecule has 1 rings (SSSR count). The summed E-state index contributed by atoms with van der Waals surface area (Å²) in [5.74, 6) is 0.862. The second-order valence-corrected chi connectivity index (χ2v) is 4.52. The van der Waals surface area contributed by atoms with Crippen molar-refractivity contribution in [1.82, 2.24) is 10.2 Å². The maximum Gasteiger partial charge on any atom is 0.193 e. The number of guanidine groups is 1. The number of hydrogen-bond donors (Lipinski definition) is 1. The Labute approximate surface area is 111 Å². The number of nitrogens with one attached hydrogen (secondary N) is 1. The van der Waals surface area contributed by atoms with Gasteiger partial charge in [0.25, 0.3) is 0 Å². The first kappa shape index (κ1) is 13.8. The van der Waals surface area contributed by atoms with Crippen LogP contribution in [0.5, 0.6) is 0 Å². The van der Waals surface area contributed by atoms with Crippen molar-refractivity contribution in [3.05, 3.63) is 47.0 Å². The molecular formula is C13H18BrN3. The second-order valence-electron chi connectivity index (χ2n) is 3.66. The Hall–Kier alpha value is -1.29. The lowest BCUT2D eigenvalue weighted by Gasteiger charge is -2.22. The first-order valence-electron chi connectivity index (χ1n) is 5.45. The lowest BCUT2D eigenvalue weighted by molar-refractivity contribution is 0.479. The van der Waals surface area contributed by atoms with Crippen molar-refractivity contribution in [3.8, 4) is 0 Å². The molecule has 0 bridgehead atoms. The molecule has 0 saturated carbocycles. The summed E-state index contributed by atoms with van der Waals surface area (Å²) in [5.41, 5.74) is 1.23. The molecule has 0 aliphatic carbocycles. The smallest absolute Gasteiger partial charge is 0.193 e. The molecule has 0 atom stereocenters. The Kier molecular flexibility index (Phi) is 5.77. The summed E-state index contributed by atoms with van der Waals surface area (Å²) >= 11 is 3.55. The van der Waals surface area contributed by atoms with Crippen LogP contribution < -0.4 is 5.32 Å². The van der Waals surface area contributed by atoms with Crippen LogP contribution in [-0.2, 0) is 6.54 Å². The van der Waals surface area contributed by atoms with Gasteiger partial charge in [0.2, 0.25) is 0 Å². The number of benzene rings is 1. The Morgan fingerprint density at radius 1 is 1.53 bits per heavy atom. The molecule has 0 heterocycles. The normalized spacial score (nSPS) is 11.1. The summed E-state index contributed by atoms with van der Waals surface area (Å²) in [5, 5.41) is 3.20. The monoisotopic (exact) mass is 295 g/mol. The van der Waals surface area contributed by atoms with Crippen molar-refractivity contribution in [3.63, 3.8) is 0 Å². The average Bonchev–Trinajstić information content (AvgIpc) is 2.33. The third kappa shape index (κ3) is 4.23. The van der Waals surface area contributed by atoms with Crippen LogP contribution in [0.15, 0.2) is 46.4 Å². The van der Waals surface area contributed by atoms with Crippen LogP contribution in [0, 0.1) is 0 Å². The maximum absolute atomic E-state index is 4.22. The fourth-order valence-corrected chi connectivity index (χ4v) is 1.92. The quantitative estimate of drug-likeness (QED) is 0.525. The van der Waals surface area contributed by atoms with Gasteiger partial charge in [-0.25, -0.2) is 0 Å². The molecule has 0 aromatic heterocycles. The fraction of sp³-hybridized carbons (Fsp3) is 0.308. The van der Waals surface area contributed by atoms with Crippen molar-refractivity contribution in [1.29, 1.82) is 0 Å². The van der Waals surface area contributed by atoms with Crippen LogP contribution in [0.3, 0.4) is 0 Å². The zero-order valence-corrected chi connectivity index (χ0v) is 11.9. The van der Waals surface area contributed by atoms with Crippen LogP contribution in [0.25, 0.3) is 0 Å². The predicted octanol–water partition coefficient (Wildman–Crippen LogP) is 2.64. The molecule has 1 aromatic carbocycles. The van der Waals surface area contributed by atoms with E-state index in [0.29, 0.717) is 6.54 Å². The summed E-state index contributed by atoms with van der Waals surface area (Å²) in [6.45, 7) is 5.20. The first-order valence-corrected chi connectivity index (χ1v) is 6.24. The van der Waals surface area contributed by atoms with Crippen molar-refractivity contribution in [2.24, 2.45) is 4.99 Å². The highest BCUT2D eigenvalue weighted by Crippen LogP contribution is 2.17. The van der Waals surface area contributed by atoms with Gasteiger partial charge >= 0.3 is 0 Å². The maximum atomic E-state index is 4.22. The Morgan fingerprint density at radius 3 is 2.82 bits per heavy atom. The summed E-state index contributed by atoms with van der Waals surface area (Å²) in [4.78, 5) is 6.29. The molecule has 0 aliphatic rings. The van der Waals surface area contributed by atoms with Gasteiger partial charge in [-0.3, -0.25) is 4.99 Å². The SMILES string of the molecule is C=CCNC(=NC)N(C)Cc1ccccc1Br. The van der Waals surface area contributed by atoms with Gasteiger partial charge < -0.3 is 10.2 Å². The van der Waals surface area contributed by atoms with E-state index >= 15 is 0 Å². The van der Waals surface area contributed by atoms with E-state index < -0.39 is 0 Å². The van der Waals surface area contributed by atoms with E-state index in [4.69, 9.17) is 0 Å². The summed E-state index contributed by atoms with van der Waals surface area (Å²) in [7, 11) is 3.79. The molecule has 0 radical (unpaired) electrons. The van der Waals surface area contributed by atoms with Gasteiger partial charge in [0.1, 0.15) is 0 Å². The highest BCUT2D eigenvalue weighted by atomic mass is 79.9. The molecule has 4 heteroatoms. The van der Waals surface area contributed by atoms with Crippen LogP contribution in [-0.4, -0.2) is 31.5 Å². The molecule has 0 aliphatic heterocycles. The number of aliphatic imine (C=N–C) groups is 1. The van der Waals surface area contributed by atoms with Crippen molar-refractivity contribution in [2.45, 2.75) is 6.54 Å². The molecule has 0 amide bonds. The summed E-state index contributed by atoms with van der Waals surface area (Å²) < 4.78 is 1.12. The van der Waals surface area contributed by atoms with Gasteiger partial charge in [-0.15, -0.1) is 6.58 Å². The number of nitrogens with zero attached hydrogens (tertiary/aromatic N) is 2. The number of hydrogen-bond acceptors (Lipinski definition) is 1. The molecule has 92 valence electrons. The van der Waals surface area contributed by atoms with Crippen molar-refractivity contribution < 1.29 is 0 Å². The van der Waals surface area contributed by atoms with E-state index in [-0.39, 0.29) is 0 Å².